The third-order valence-electron chi connectivity index (χ3n) is 6.34. The third kappa shape index (κ3) is 4.18. The Labute approximate surface area is 191 Å². The number of carboxylic acid groups (broad SMARTS) is 1. The highest BCUT2D eigenvalue weighted by molar-refractivity contribution is 6.30. The van der Waals surface area contributed by atoms with Crippen LogP contribution in [0, 0.1) is 0 Å². The highest BCUT2D eigenvalue weighted by atomic mass is 35.5. The molecular weight excluding hydrogens is 426 g/mol. The van der Waals surface area contributed by atoms with E-state index in [2.05, 4.69) is 33.4 Å². The van der Waals surface area contributed by atoms with Gasteiger partial charge in [-0.15, -0.1) is 5.10 Å². The number of hydrogen-bond donors (Lipinski definition) is 1. The molecule has 3 heterocycles. The van der Waals surface area contributed by atoms with Gasteiger partial charge in [0.25, 0.3) is 0 Å². The average molecular weight is 450 g/mol. The fourth-order valence-corrected chi connectivity index (χ4v) is 4.87. The molecular formula is C24H24ClN5O2. The van der Waals surface area contributed by atoms with E-state index in [1.807, 2.05) is 18.3 Å². The molecule has 0 saturated carbocycles. The zero-order chi connectivity index (χ0) is 22.1. The molecule has 2 aromatic heterocycles. The van der Waals surface area contributed by atoms with Crippen LogP contribution in [0.1, 0.15) is 45.7 Å². The molecule has 1 fully saturated rings. The molecule has 3 aromatic rings. The van der Waals surface area contributed by atoms with Crippen LogP contribution in [-0.4, -0.2) is 55.6 Å². The number of fused-ring (bicyclic) bond motifs is 2. The number of carboxylic acids is 1. The molecule has 1 N–H and O–H groups in total. The number of piperidine rings is 1. The maximum atomic E-state index is 11.0. The number of carbonyl (C=O) groups is 1. The zero-order valence-electron chi connectivity index (χ0n) is 17.7. The molecule has 1 aromatic carbocycles. The first-order chi connectivity index (χ1) is 15.6. The lowest BCUT2D eigenvalue weighted by Crippen LogP contribution is -2.34. The lowest BCUT2D eigenvalue weighted by atomic mass is 9.88. The molecule has 32 heavy (non-hydrogen) atoms. The van der Waals surface area contributed by atoms with Crippen LogP contribution in [0.2, 0.25) is 5.02 Å². The minimum Gasteiger partial charge on any atom is -0.476 e. The SMILES string of the molecule is O=C(O)c1cn(CCN2CCC(=C3c4ccc(Cl)cc4CCc4cccnc43)CC2)nn1. The molecule has 0 amide bonds. The summed E-state index contributed by atoms with van der Waals surface area (Å²) in [7, 11) is 0. The molecule has 0 atom stereocenters. The molecule has 8 heteroatoms. The number of pyridine rings is 1. The van der Waals surface area contributed by atoms with E-state index >= 15 is 0 Å². The highest BCUT2D eigenvalue weighted by Crippen LogP contribution is 2.38. The largest absolute Gasteiger partial charge is 0.476 e. The Bertz CT molecular complexity index is 1190. The molecule has 0 radical (unpaired) electrons. The van der Waals surface area contributed by atoms with Crippen LogP contribution < -0.4 is 0 Å². The summed E-state index contributed by atoms with van der Waals surface area (Å²) in [6, 6.07) is 10.4. The van der Waals surface area contributed by atoms with Crippen molar-refractivity contribution in [2.24, 2.45) is 0 Å². The van der Waals surface area contributed by atoms with Gasteiger partial charge >= 0.3 is 5.97 Å². The molecule has 0 bridgehead atoms. The third-order valence-corrected chi connectivity index (χ3v) is 6.58. The Morgan fingerprint density at radius 2 is 1.88 bits per heavy atom. The van der Waals surface area contributed by atoms with Crippen molar-refractivity contribution >= 4 is 23.1 Å². The summed E-state index contributed by atoms with van der Waals surface area (Å²) >= 11 is 6.32. The maximum Gasteiger partial charge on any atom is 0.358 e. The summed E-state index contributed by atoms with van der Waals surface area (Å²) in [5, 5.41) is 17.4. The number of aromatic carboxylic acids is 1. The minimum atomic E-state index is -1.05. The van der Waals surface area contributed by atoms with E-state index in [9.17, 15) is 4.79 Å². The Hall–Kier alpha value is -3.03. The fraction of sp³-hybridized carbons (Fsp3) is 0.333. The van der Waals surface area contributed by atoms with Gasteiger partial charge in [-0.05, 0) is 60.6 Å². The normalized spacial score (nSPS) is 16.4. The summed E-state index contributed by atoms with van der Waals surface area (Å²) in [6.45, 7) is 3.33. The van der Waals surface area contributed by atoms with Gasteiger partial charge in [-0.3, -0.25) is 9.67 Å². The molecule has 0 unspecified atom stereocenters. The first kappa shape index (κ1) is 20.8. The molecule has 1 aliphatic heterocycles. The second kappa shape index (κ2) is 8.84. The zero-order valence-corrected chi connectivity index (χ0v) is 18.4. The number of halogens is 1. The van der Waals surface area contributed by atoms with Gasteiger partial charge < -0.3 is 10.0 Å². The van der Waals surface area contributed by atoms with Crippen molar-refractivity contribution in [3.8, 4) is 0 Å². The predicted octanol–water partition coefficient (Wildman–Crippen LogP) is 3.72. The Morgan fingerprint density at radius 1 is 1.06 bits per heavy atom. The number of rotatable bonds is 4. The Balaban J connectivity index is 1.37. The number of nitrogens with zero attached hydrogens (tertiary/aromatic N) is 5. The molecule has 1 aliphatic carbocycles. The molecule has 5 rings (SSSR count). The van der Waals surface area contributed by atoms with Crippen LogP contribution in [0.25, 0.3) is 5.57 Å². The van der Waals surface area contributed by atoms with Crippen molar-refractivity contribution in [3.63, 3.8) is 0 Å². The number of benzene rings is 1. The van der Waals surface area contributed by atoms with Crippen molar-refractivity contribution in [1.29, 1.82) is 0 Å². The molecule has 164 valence electrons. The number of likely N-dealkylation sites (tertiary alicyclic amines) is 1. The van der Waals surface area contributed by atoms with Gasteiger partial charge in [0.1, 0.15) is 0 Å². The van der Waals surface area contributed by atoms with Crippen LogP contribution in [-0.2, 0) is 19.4 Å². The molecule has 2 aliphatic rings. The summed E-state index contributed by atoms with van der Waals surface area (Å²) < 4.78 is 1.60. The lowest BCUT2D eigenvalue weighted by Gasteiger charge is -2.30. The fourth-order valence-electron chi connectivity index (χ4n) is 4.68. The van der Waals surface area contributed by atoms with Crippen molar-refractivity contribution < 1.29 is 9.90 Å². The van der Waals surface area contributed by atoms with E-state index in [4.69, 9.17) is 21.7 Å². The quantitative estimate of drug-likeness (QED) is 0.653. The van der Waals surface area contributed by atoms with Crippen molar-refractivity contribution in [2.45, 2.75) is 32.2 Å². The first-order valence-corrected chi connectivity index (χ1v) is 11.3. The molecule has 7 nitrogen and oxygen atoms in total. The van der Waals surface area contributed by atoms with E-state index in [0.29, 0.717) is 6.54 Å². The summed E-state index contributed by atoms with van der Waals surface area (Å²) in [6.07, 6.45) is 7.26. The van der Waals surface area contributed by atoms with Gasteiger partial charge in [0.2, 0.25) is 0 Å². The number of aromatic nitrogens is 4. The van der Waals surface area contributed by atoms with Crippen molar-refractivity contribution in [1.82, 2.24) is 24.9 Å². The topological polar surface area (TPSA) is 84.1 Å². The Morgan fingerprint density at radius 3 is 2.66 bits per heavy atom. The predicted molar refractivity (Wildman–Crippen MR) is 122 cm³/mol. The second-order valence-corrected chi connectivity index (χ2v) is 8.74. The minimum absolute atomic E-state index is 0.0195. The van der Waals surface area contributed by atoms with Crippen LogP contribution in [0.15, 0.2) is 48.3 Å². The van der Waals surface area contributed by atoms with E-state index in [0.717, 1.165) is 56.0 Å². The van der Waals surface area contributed by atoms with Crippen LogP contribution in [0.3, 0.4) is 0 Å². The van der Waals surface area contributed by atoms with Gasteiger partial charge in [-0.1, -0.05) is 34.5 Å². The van der Waals surface area contributed by atoms with Crippen LogP contribution >= 0.6 is 11.6 Å². The Kier molecular flexibility index (Phi) is 5.76. The first-order valence-electron chi connectivity index (χ1n) is 10.9. The van der Waals surface area contributed by atoms with E-state index in [-0.39, 0.29) is 5.69 Å². The monoisotopic (exact) mass is 449 g/mol. The number of aryl methyl sites for hydroxylation is 2. The maximum absolute atomic E-state index is 11.0. The lowest BCUT2D eigenvalue weighted by molar-refractivity contribution is 0.0690. The second-order valence-electron chi connectivity index (χ2n) is 8.30. The standard InChI is InChI=1S/C24H24ClN5O2/c25-19-5-6-20-18(14-19)4-3-17-2-1-9-26-23(17)22(20)16-7-10-29(11-8-16)12-13-30-15-21(24(31)32)27-28-30/h1-2,5-6,9,14-15H,3-4,7-8,10-13H2,(H,31,32). The summed E-state index contributed by atoms with van der Waals surface area (Å²) in [4.78, 5) is 18.2. The smallest absolute Gasteiger partial charge is 0.358 e. The van der Waals surface area contributed by atoms with Gasteiger partial charge in [0.05, 0.1) is 18.4 Å². The van der Waals surface area contributed by atoms with Crippen LogP contribution in [0.4, 0.5) is 0 Å². The summed E-state index contributed by atoms with van der Waals surface area (Å²) in [5.41, 5.74) is 7.67. The van der Waals surface area contributed by atoms with E-state index in [1.165, 1.54) is 34.0 Å². The molecule has 1 saturated heterocycles. The van der Waals surface area contributed by atoms with Crippen molar-refractivity contribution in [3.05, 3.63) is 81.4 Å². The number of hydrogen-bond acceptors (Lipinski definition) is 5. The average Bonchev–Trinajstić information content (AvgIpc) is 3.22. The molecule has 0 spiro atoms. The van der Waals surface area contributed by atoms with Crippen molar-refractivity contribution in [2.75, 3.05) is 19.6 Å². The van der Waals surface area contributed by atoms with Gasteiger partial charge in [0.15, 0.2) is 5.69 Å². The highest BCUT2D eigenvalue weighted by Gasteiger charge is 2.25. The van der Waals surface area contributed by atoms with E-state index < -0.39 is 5.97 Å². The van der Waals surface area contributed by atoms with Gasteiger partial charge in [0, 0.05) is 36.4 Å². The van der Waals surface area contributed by atoms with Crippen LogP contribution in [0.5, 0.6) is 0 Å². The van der Waals surface area contributed by atoms with Gasteiger partial charge in [-0.25, -0.2) is 4.79 Å². The van der Waals surface area contributed by atoms with E-state index in [1.54, 1.807) is 4.68 Å². The summed E-state index contributed by atoms with van der Waals surface area (Å²) in [5.74, 6) is -1.05. The van der Waals surface area contributed by atoms with Gasteiger partial charge in [-0.2, -0.15) is 0 Å².